The van der Waals surface area contributed by atoms with Crippen LogP contribution in [0.5, 0.6) is 0 Å². The van der Waals surface area contributed by atoms with Gasteiger partial charge in [0.15, 0.2) is 0 Å². The summed E-state index contributed by atoms with van der Waals surface area (Å²) < 4.78 is 25.9. The molecule has 1 aromatic heterocycles. The third-order valence-corrected chi connectivity index (χ3v) is 4.38. The number of aromatic carboxylic acids is 1. The van der Waals surface area contributed by atoms with E-state index in [1.165, 1.54) is 0 Å². The monoisotopic (exact) mass is 290 g/mol. The first kappa shape index (κ1) is 14.8. The van der Waals surface area contributed by atoms with Crippen LogP contribution in [0.3, 0.4) is 0 Å². The molecule has 0 bridgehead atoms. The van der Waals surface area contributed by atoms with Gasteiger partial charge in [-0.2, -0.15) is 11.8 Å². The van der Waals surface area contributed by atoms with E-state index < -0.39 is 16.0 Å². The fourth-order valence-electron chi connectivity index (χ4n) is 1.15. The van der Waals surface area contributed by atoms with Gasteiger partial charge in [0.1, 0.15) is 10.6 Å². The number of aromatic nitrogens is 1. The van der Waals surface area contributed by atoms with Gasteiger partial charge < -0.3 is 10.1 Å². The van der Waals surface area contributed by atoms with Gasteiger partial charge in [-0.3, -0.25) is 0 Å². The van der Waals surface area contributed by atoms with Crippen molar-refractivity contribution < 1.29 is 18.3 Å². The summed E-state index contributed by atoms with van der Waals surface area (Å²) in [6, 6.07) is 1.08. The van der Waals surface area contributed by atoms with Crippen LogP contribution in [0.4, 0.5) is 0 Å². The Bertz CT molecular complexity index is 522. The van der Waals surface area contributed by atoms with Crippen LogP contribution in [0, 0.1) is 0 Å². The molecule has 0 aliphatic rings. The zero-order valence-corrected chi connectivity index (χ0v) is 11.2. The Morgan fingerprint density at radius 3 is 2.89 bits per heavy atom. The van der Waals surface area contributed by atoms with Crippen molar-refractivity contribution in [2.24, 2.45) is 0 Å². The van der Waals surface area contributed by atoms with Crippen molar-refractivity contribution in [3.8, 4) is 0 Å². The second-order valence-electron chi connectivity index (χ2n) is 3.32. The Morgan fingerprint density at radius 1 is 1.61 bits per heavy atom. The molecule has 6 nitrogen and oxygen atoms in total. The van der Waals surface area contributed by atoms with Gasteiger partial charge >= 0.3 is 5.97 Å². The van der Waals surface area contributed by atoms with Gasteiger partial charge in [-0.1, -0.05) is 6.08 Å². The van der Waals surface area contributed by atoms with Crippen LogP contribution in [0.15, 0.2) is 29.8 Å². The molecule has 0 spiro atoms. The molecule has 0 aliphatic carbocycles. The number of thioether (sulfide) groups is 1. The number of hydrogen-bond acceptors (Lipinski definition) is 4. The van der Waals surface area contributed by atoms with Crippen molar-refractivity contribution >= 4 is 27.8 Å². The highest BCUT2D eigenvalue weighted by molar-refractivity contribution is 7.99. The smallest absolute Gasteiger partial charge is 0.352 e. The molecule has 0 unspecified atom stereocenters. The molecule has 0 radical (unpaired) electrons. The van der Waals surface area contributed by atoms with Gasteiger partial charge in [0.2, 0.25) is 10.0 Å². The predicted octanol–water partition coefficient (Wildman–Crippen LogP) is 0.910. The largest absolute Gasteiger partial charge is 0.477 e. The summed E-state index contributed by atoms with van der Waals surface area (Å²) in [4.78, 5) is 12.9. The van der Waals surface area contributed by atoms with E-state index in [2.05, 4.69) is 16.3 Å². The zero-order valence-electron chi connectivity index (χ0n) is 9.55. The van der Waals surface area contributed by atoms with Gasteiger partial charge in [-0.25, -0.2) is 17.9 Å². The van der Waals surface area contributed by atoms with Crippen molar-refractivity contribution in [3.63, 3.8) is 0 Å². The standard InChI is InChI=1S/C10H14N2O4S2/c1-2-4-17-5-3-12-18(15,16)8-6-9(10(13)14)11-7-8/h2,6-7,11-12H,1,3-5H2,(H,13,14). The van der Waals surface area contributed by atoms with E-state index in [1.807, 2.05) is 0 Å². The lowest BCUT2D eigenvalue weighted by Crippen LogP contribution is -2.25. The fourth-order valence-corrected chi connectivity index (χ4v) is 2.88. The first-order chi connectivity index (χ1) is 8.47. The van der Waals surface area contributed by atoms with Gasteiger partial charge in [0.05, 0.1) is 0 Å². The summed E-state index contributed by atoms with van der Waals surface area (Å²) in [6.07, 6.45) is 2.90. The van der Waals surface area contributed by atoms with Gasteiger partial charge in [-0.05, 0) is 6.07 Å². The Morgan fingerprint density at radius 2 is 2.33 bits per heavy atom. The maximum absolute atomic E-state index is 11.7. The Labute approximate surface area is 110 Å². The van der Waals surface area contributed by atoms with E-state index in [4.69, 9.17) is 5.11 Å². The summed E-state index contributed by atoms with van der Waals surface area (Å²) >= 11 is 1.55. The first-order valence-corrected chi connectivity index (χ1v) is 7.71. The number of H-pyrrole nitrogens is 1. The van der Waals surface area contributed by atoms with E-state index in [1.54, 1.807) is 17.8 Å². The second kappa shape index (κ2) is 6.62. The van der Waals surface area contributed by atoms with Crippen LogP contribution in [-0.4, -0.2) is 42.5 Å². The molecule has 0 aromatic carbocycles. The molecule has 0 fully saturated rings. The lowest BCUT2D eigenvalue weighted by molar-refractivity contribution is 0.0691. The fraction of sp³-hybridized carbons (Fsp3) is 0.300. The minimum absolute atomic E-state index is 0.0754. The number of carbonyl (C=O) groups is 1. The molecule has 18 heavy (non-hydrogen) atoms. The molecule has 1 aromatic rings. The van der Waals surface area contributed by atoms with Crippen LogP contribution < -0.4 is 4.72 Å². The molecule has 8 heteroatoms. The van der Waals surface area contributed by atoms with E-state index >= 15 is 0 Å². The van der Waals surface area contributed by atoms with Crippen molar-refractivity contribution in [1.82, 2.24) is 9.71 Å². The molecule has 0 saturated carbocycles. The third-order valence-electron chi connectivity index (χ3n) is 1.97. The van der Waals surface area contributed by atoms with Crippen molar-refractivity contribution in [2.75, 3.05) is 18.1 Å². The maximum atomic E-state index is 11.7. The third kappa shape index (κ3) is 4.21. The van der Waals surface area contributed by atoms with Gasteiger partial charge in [-0.15, -0.1) is 6.58 Å². The first-order valence-electron chi connectivity index (χ1n) is 5.07. The summed E-state index contributed by atoms with van der Waals surface area (Å²) in [5, 5.41) is 8.68. The topological polar surface area (TPSA) is 99.3 Å². The zero-order chi connectivity index (χ0) is 13.6. The highest BCUT2D eigenvalue weighted by atomic mass is 32.2. The number of aromatic amines is 1. The molecular formula is C10H14N2O4S2. The second-order valence-corrected chi connectivity index (χ2v) is 6.23. The summed E-state index contributed by atoms with van der Waals surface area (Å²) in [7, 11) is -3.64. The molecule has 0 saturated heterocycles. The highest BCUT2D eigenvalue weighted by Gasteiger charge is 2.17. The molecule has 1 rings (SSSR count). The van der Waals surface area contributed by atoms with E-state index in [9.17, 15) is 13.2 Å². The molecule has 100 valence electrons. The van der Waals surface area contributed by atoms with Gasteiger partial charge in [0.25, 0.3) is 0 Å². The predicted molar refractivity (Wildman–Crippen MR) is 70.5 cm³/mol. The highest BCUT2D eigenvalue weighted by Crippen LogP contribution is 2.10. The quantitative estimate of drug-likeness (QED) is 0.488. The van der Waals surface area contributed by atoms with Crippen molar-refractivity contribution in [1.29, 1.82) is 0 Å². The Hall–Kier alpha value is -1.25. The lowest BCUT2D eigenvalue weighted by atomic mass is 10.4. The molecule has 3 N–H and O–H groups in total. The number of carboxylic acid groups (broad SMARTS) is 1. The summed E-state index contributed by atoms with van der Waals surface area (Å²) in [6.45, 7) is 3.84. The minimum atomic E-state index is -3.64. The lowest BCUT2D eigenvalue weighted by Gasteiger charge is -2.03. The van der Waals surface area contributed by atoms with Crippen LogP contribution in [0.25, 0.3) is 0 Å². The van der Waals surface area contributed by atoms with Crippen LogP contribution >= 0.6 is 11.8 Å². The van der Waals surface area contributed by atoms with Crippen LogP contribution in [0.1, 0.15) is 10.5 Å². The Kier molecular flexibility index (Phi) is 5.45. The number of hydrogen-bond donors (Lipinski definition) is 3. The maximum Gasteiger partial charge on any atom is 0.352 e. The normalized spacial score (nSPS) is 11.3. The number of sulfonamides is 1. The summed E-state index contributed by atoms with van der Waals surface area (Å²) in [5.74, 6) is 0.189. The average molecular weight is 290 g/mol. The number of carboxylic acids is 1. The molecular weight excluding hydrogens is 276 g/mol. The number of rotatable bonds is 8. The van der Waals surface area contributed by atoms with Crippen LogP contribution in [0.2, 0.25) is 0 Å². The van der Waals surface area contributed by atoms with Crippen molar-refractivity contribution in [3.05, 3.63) is 30.6 Å². The molecule has 1 heterocycles. The molecule has 0 atom stereocenters. The van der Waals surface area contributed by atoms with E-state index in [0.717, 1.165) is 18.0 Å². The summed E-state index contributed by atoms with van der Waals surface area (Å²) in [5.41, 5.74) is -0.156. The van der Waals surface area contributed by atoms with Crippen LogP contribution in [-0.2, 0) is 10.0 Å². The number of nitrogens with one attached hydrogen (secondary N) is 2. The van der Waals surface area contributed by atoms with Crippen molar-refractivity contribution in [2.45, 2.75) is 4.90 Å². The minimum Gasteiger partial charge on any atom is -0.477 e. The molecule has 0 aliphatic heterocycles. The van der Waals surface area contributed by atoms with E-state index in [-0.39, 0.29) is 17.1 Å². The van der Waals surface area contributed by atoms with E-state index in [0.29, 0.717) is 5.75 Å². The SMILES string of the molecule is C=CCSCCNS(=O)(=O)c1c[nH]c(C(=O)O)c1. The van der Waals surface area contributed by atoms with Gasteiger partial charge in [0, 0.05) is 24.2 Å². The Balaban J connectivity index is 2.57. The average Bonchev–Trinajstić information content (AvgIpc) is 2.78. The molecule has 0 amide bonds.